The van der Waals surface area contributed by atoms with E-state index in [1.165, 1.54) is 0 Å². The normalized spacial score (nSPS) is 10.7. The molecule has 0 saturated heterocycles. The summed E-state index contributed by atoms with van der Waals surface area (Å²) in [6.07, 6.45) is 0.763. The zero-order valence-corrected chi connectivity index (χ0v) is 10.9. The summed E-state index contributed by atoms with van der Waals surface area (Å²) < 4.78 is 5.23. The van der Waals surface area contributed by atoms with E-state index < -0.39 is 0 Å². The molecule has 0 aromatic heterocycles. The first-order chi connectivity index (χ1) is 8.58. The molecule has 0 aliphatic rings. The van der Waals surface area contributed by atoms with Crippen molar-refractivity contribution in [1.29, 1.82) is 5.41 Å². The Kier molecular flexibility index (Phi) is 5.61. The van der Waals surface area contributed by atoms with Crippen LogP contribution in [0.1, 0.15) is 17.5 Å². The van der Waals surface area contributed by atoms with Crippen molar-refractivity contribution in [3.05, 3.63) is 29.3 Å². The number of nitrogens with zero attached hydrogens (tertiary/aromatic N) is 1. The van der Waals surface area contributed by atoms with Crippen molar-refractivity contribution in [2.24, 2.45) is 5.73 Å². The van der Waals surface area contributed by atoms with Gasteiger partial charge in [0, 0.05) is 19.7 Å². The summed E-state index contributed by atoms with van der Waals surface area (Å²) in [7, 11) is 3.57. The number of benzene rings is 1. The molecule has 0 unspecified atom stereocenters. The van der Waals surface area contributed by atoms with E-state index in [0.717, 1.165) is 25.1 Å². The first-order valence-electron chi connectivity index (χ1n) is 5.89. The fourth-order valence-corrected chi connectivity index (χ4v) is 1.79. The molecule has 100 valence electrons. The molecular weight excluding hydrogens is 230 g/mol. The third-order valence-electron chi connectivity index (χ3n) is 2.71. The van der Waals surface area contributed by atoms with Crippen molar-refractivity contribution < 1.29 is 9.84 Å². The minimum absolute atomic E-state index is 0.00651. The molecule has 0 fully saturated rings. The number of nitrogens with one attached hydrogen (secondary N) is 1. The highest BCUT2D eigenvalue weighted by Gasteiger charge is 2.08. The predicted octanol–water partition coefficient (Wildman–Crippen LogP) is 0.793. The van der Waals surface area contributed by atoms with Gasteiger partial charge in [-0.25, -0.2) is 0 Å². The van der Waals surface area contributed by atoms with Gasteiger partial charge in [0.2, 0.25) is 0 Å². The van der Waals surface area contributed by atoms with Crippen LogP contribution in [0.5, 0.6) is 5.75 Å². The molecule has 0 atom stereocenters. The molecule has 5 heteroatoms. The third kappa shape index (κ3) is 4.01. The summed E-state index contributed by atoms with van der Waals surface area (Å²) in [6.45, 7) is 1.82. The van der Waals surface area contributed by atoms with Gasteiger partial charge in [0.25, 0.3) is 0 Å². The van der Waals surface area contributed by atoms with Gasteiger partial charge in [-0.2, -0.15) is 0 Å². The smallest absolute Gasteiger partial charge is 0.130 e. The molecule has 0 saturated carbocycles. The zero-order chi connectivity index (χ0) is 13.5. The Balaban J connectivity index is 2.76. The van der Waals surface area contributed by atoms with E-state index in [0.29, 0.717) is 11.3 Å². The Morgan fingerprint density at radius 3 is 2.78 bits per heavy atom. The quantitative estimate of drug-likeness (QED) is 0.494. The van der Waals surface area contributed by atoms with Crippen LogP contribution in [0.3, 0.4) is 0 Å². The molecule has 0 spiro atoms. The van der Waals surface area contributed by atoms with Gasteiger partial charge in [-0.1, -0.05) is 6.07 Å². The van der Waals surface area contributed by atoms with E-state index >= 15 is 0 Å². The Morgan fingerprint density at radius 2 is 2.22 bits per heavy atom. The number of rotatable bonds is 7. The van der Waals surface area contributed by atoms with Crippen LogP contribution < -0.4 is 10.5 Å². The molecule has 18 heavy (non-hydrogen) atoms. The third-order valence-corrected chi connectivity index (χ3v) is 2.71. The van der Waals surface area contributed by atoms with Gasteiger partial charge in [0.15, 0.2) is 0 Å². The maximum Gasteiger partial charge on any atom is 0.130 e. The standard InChI is InChI=1S/C13H21N3O2/c1-16(6-3-7-17)9-10-4-5-11(13(14)15)12(8-10)18-2/h4-5,8,17H,3,6-7,9H2,1-2H3,(H3,14,15). The number of nitrogens with two attached hydrogens (primary N) is 1. The van der Waals surface area contributed by atoms with E-state index in [9.17, 15) is 0 Å². The lowest BCUT2D eigenvalue weighted by Crippen LogP contribution is -2.20. The predicted molar refractivity (Wildman–Crippen MR) is 72.0 cm³/mol. The van der Waals surface area contributed by atoms with Crippen LogP contribution in [-0.4, -0.2) is 43.2 Å². The van der Waals surface area contributed by atoms with Crippen LogP contribution in [0.15, 0.2) is 18.2 Å². The average molecular weight is 251 g/mol. The van der Waals surface area contributed by atoms with Gasteiger partial charge in [0.1, 0.15) is 11.6 Å². The van der Waals surface area contributed by atoms with Crippen LogP contribution in [0.4, 0.5) is 0 Å². The molecule has 5 nitrogen and oxygen atoms in total. The van der Waals surface area contributed by atoms with E-state index in [2.05, 4.69) is 4.90 Å². The summed E-state index contributed by atoms with van der Waals surface area (Å²) in [6, 6.07) is 5.64. The molecule has 0 radical (unpaired) electrons. The number of nitrogen functional groups attached to an aromatic ring is 1. The maximum absolute atomic E-state index is 8.78. The lowest BCUT2D eigenvalue weighted by molar-refractivity contribution is 0.244. The van der Waals surface area contributed by atoms with Crippen LogP contribution >= 0.6 is 0 Å². The lowest BCUT2D eigenvalue weighted by atomic mass is 10.1. The number of ether oxygens (including phenoxy) is 1. The molecule has 0 amide bonds. The molecule has 0 aliphatic carbocycles. The molecular formula is C13H21N3O2. The summed E-state index contributed by atoms with van der Waals surface area (Å²) in [4.78, 5) is 2.12. The van der Waals surface area contributed by atoms with Crippen LogP contribution in [-0.2, 0) is 6.54 Å². The van der Waals surface area contributed by atoms with Crippen molar-refractivity contribution in [3.8, 4) is 5.75 Å². The molecule has 4 N–H and O–H groups in total. The lowest BCUT2D eigenvalue weighted by Gasteiger charge is -2.17. The Morgan fingerprint density at radius 1 is 1.50 bits per heavy atom. The molecule has 1 aromatic rings. The summed E-state index contributed by atoms with van der Waals surface area (Å²) in [5, 5.41) is 16.2. The van der Waals surface area contributed by atoms with Crippen LogP contribution in [0.2, 0.25) is 0 Å². The Labute approximate surface area is 108 Å². The van der Waals surface area contributed by atoms with Crippen molar-refractivity contribution >= 4 is 5.84 Å². The SMILES string of the molecule is COc1cc(CN(C)CCCO)ccc1C(=N)N. The second-order valence-corrected chi connectivity index (χ2v) is 4.26. The van der Waals surface area contributed by atoms with E-state index in [4.69, 9.17) is 21.0 Å². The van der Waals surface area contributed by atoms with Gasteiger partial charge in [0.05, 0.1) is 12.7 Å². The largest absolute Gasteiger partial charge is 0.496 e. The highest BCUT2D eigenvalue weighted by atomic mass is 16.5. The highest BCUT2D eigenvalue weighted by Crippen LogP contribution is 2.20. The van der Waals surface area contributed by atoms with Crippen molar-refractivity contribution in [2.45, 2.75) is 13.0 Å². The zero-order valence-electron chi connectivity index (χ0n) is 10.9. The van der Waals surface area contributed by atoms with E-state index in [-0.39, 0.29) is 12.4 Å². The first kappa shape index (κ1) is 14.5. The van der Waals surface area contributed by atoms with Gasteiger partial charge >= 0.3 is 0 Å². The number of aliphatic hydroxyl groups excluding tert-OH is 1. The van der Waals surface area contributed by atoms with Crippen LogP contribution in [0, 0.1) is 5.41 Å². The first-order valence-corrected chi connectivity index (χ1v) is 5.89. The molecule has 0 bridgehead atoms. The Hall–Kier alpha value is -1.59. The summed E-state index contributed by atoms with van der Waals surface area (Å²) in [5.41, 5.74) is 7.18. The van der Waals surface area contributed by atoms with Gasteiger partial charge in [-0.05, 0) is 31.2 Å². The van der Waals surface area contributed by atoms with Gasteiger partial charge < -0.3 is 20.5 Å². The highest BCUT2D eigenvalue weighted by molar-refractivity contribution is 5.97. The van der Waals surface area contributed by atoms with Crippen molar-refractivity contribution in [3.63, 3.8) is 0 Å². The summed E-state index contributed by atoms with van der Waals surface area (Å²) in [5.74, 6) is 0.627. The monoisotopic (exact) mass is 251 g/mol. The number of aliphatic hydroxyl groups is 1. The van der Waals surface area contributed by atoms with Crippen molar-refractivity contribution in [2.75, 3.05) is 27.3 Å². The Bertz CT molecular complexity index is 407. The number of hydrogen-bond donors (Lipinski definition) is 3. The average Bonchev–Trinajstić information content (AvgIpc) is 2.35. The number of amidine groups is 1. The van der Waals surface area contributed by atoms with Gasteiger partial charge in [-0.3, -0.25) is 5.41 Å². The minimum Gasteiger partial charge on any atom is -0.496 e. The van der Waals surface area contributed by atoms with Gasteiger partial charge in [-0.15, -0.1) is 0 Å². The van der Waals surface area contributed by atoms with Crippen LogP contribution in [0.25, 0.3) is 0 Å². The topological polar surface area (TPSA) is 82.6 Å². The fraction of sp³-hybridized carbons (Fsp3) is 0.462. The molecule has 0 aliphatic heterocycles. The minimum atomic E-state index is 0.00651. The fourth-order valence-electron chi connectivity index (χ4n) is 1.79. The van der Waals surface area contributed by atoms with E-state index in [1.807, 2.05) is 19.2 Å². The van der Waals surface area contributed by atoms with E-state index in [1.54, 1.807) is 13.2 Å². The maximum atomic E-state index is 8.78. The second-order valence-electron chi connectivity index (χ2n) is 4.26. The van der Waals surface area contributed by atoms with Crippen molar-refractivity contribution in [1.82, 2.24) is 4.90 Å². The summed E-state index contributed by atoms with van der Waals surface area (Å²) >= 11 is 0. The second kappa shape index (κ2) is 6.98. The molecule has 0 heterocycles. The number of hydrogen-bond acceptors (Lipinski definition) is 4. The molecule has 1 rings (SSSR count). The number of methoxy groups -OCH3 is 1. The molecule has 1 aromatic carbocycles.